The number of rotatable bonds is 5. The molecule has 3 heteroatoms. The third-order valence-electron chi connectivity index (χ3n) is 3.01. The number of anilines is 1. The van der Waals surface area contributed by atoms with Crippen LogP contribution < -0.4 is 4.90 Å². The molecule has 0 aliphatic heterocycles. The number of carboxylic acid groups (broad SMARTS) is 1. The van der Waals surface area contributed by atoms with E-state index in [4.69, 9.17) is 5.11 Å². The third-order valence-corrected chi connectivity index (χ3v) is 3.01. The molecule has 0 aromatic heterocycles. The molecular weight excluding hydrogens is 250 g/mol. The SMILES string of the molecule is CN(Cc1ccc(C=CC(=O)O)cc1)c1ccccc1. The van der Waals surface area contributed by atoms with E-state index in [1.807, 2.05) is 49.5 Å². The highest BCUT2D eigenvalue weighted by atomic mass is 16.4. The molecule has 0 amide bonds. The fourth-order valence-corrected chi connectivity index (χ4v) is 1.95. The van der Waals surface area contributed by atoms with E-state index in [0.29, 0.717) is 0 Å². The number of hydrogen-bond donors (Lipinski definition) is 1. The van der Waals surface area contributed by atoms with Gasteiger partial charge in [-0.15, -0.1) is 0 Å². The maximum Gasteiger partial charge on any atom is 0.328 e. The average molecular weight is 267 g/mol. The molecule has 0 radical (unpaired) electrons. The minimum atomic E-state index is -0.933. The van der Waals surface area contributed by atoms with Crippen molar-refractivity contribution in [3.05, 3.63) is 71.8 Å². The molecule has 2 aromatic rings. The normalized spacial score (nSPS) is 10.7. The van der Waals surface area contributed by atoms with Crippen molar-refractivity contribution in [2.24, 2.45) is 0 Å². The fourth-order valence-electron chi connectivity index (χ4n) is 1.95. The van der Waals surface area contributed by atoms with Gasteiger partial charge in [-0.3, -0.25) is 0 Å². The van der Waals surface area contributed by atoms with Gasteiger partial charge in [0.2, 0.25) is 0 Å². The Balaban J connectivity index is 2.02. The Kier molecular flexibility index (Phi) is 4.56. The quantitative estimate of drug-likeness (QED) is 0.844. The van der Waals surface area contributed by atoms with Crippen molar-refractivity contribution < 1.29 is 9.90 Å². The minimum absolute atomic E-state index is 0.812. The van der Waals surface area contributed by atoms with Gasteiger partial charge >= 0.3 is 5.97 Å². The summed E-state index contributed by atoms with van der Waals surface area (Å²) in [7, 11) is 2.05. The molecule has 0 heterocycles. The molecule has 0 aliphatic rings. The van der Waals surface area contributed by atoms with Gasteiger partial charge in [0.1, 0.15) is 0 Å². The Labute approximate surface area is 118 Å². The predicted molar refractivity (Wildman–Crippen MR) is 81.7 cm³/mol. The van der Waals surface area contributed by atoms with Crippen LogP contribution in [0, 0.1) is 0 Å². The van der Waals surface area contributed by atoms with E-state index in [2.05, 4.69) is 17.0 Å². The molecule has 20 heavy (non-hydrogen) atoms. The smallest absolute Gasteiger partial charge is 0.328 e. The van der Waals surface area contributed by atoms with Gasteiger partial charge in [-0.2, -0.15) is 0 Å². The highest BCUT2D eigenvalue weighted by molar-refractivity contribution is 5.85. The Bertz CT molecular complexity index is 588. The molecule has 3 nitrogen and oxygen atoms in total. The van der Waals surface area contributed by atoms with Crippen LogP contribution in [0.5, 0.6) is 0 Å². The first kappa shape index (κ1) is 13.9. The first-order chi connectivity index (χ1) is 9.65. The summed E-state index contributed by atoms with van der Waals surface area (Å²) in [4.78, 5) is 12.6. The van der Waals surface area contributed by atoms with E-state index >= 15 is 0 Å². The molecule has 0 unspecified atom stereocenters. The molecule has 0 atom stereocenters. The van der Waals surface area contributed by atoms with Crippen LogP contribution in [0.2, 0.25) is 0 Å². The van der Waals surface area contributed by atoms with E-state index in [0.717, 1.165) is 18.2 Å². The maximum absolute atomic E-state index is 10.4. The van der Waals surface area contributed by atoms with Crippen LogP contribution in [0.1, 0.15) is 11.1 Å². The van der Waals surface area contributed by atoms with Crippen molar-refractivity contribution in [2.45, 2.75) is 6.54 Å². The zero-order valence-corrected chi connectivity index (χ0v) is 11.4. The largest absolute Gasteiger partial charge is 0.478 e. The van der Waals surface area contributed by atoms with Gasteiger partial charge in [0, 0.05) is 25.4 Å². The number of nitrogens with zero attached hydrogens (tertiary/aromatic N) is 1. The molecule has 0 aliphatic carbocycles. The number of aliphatic carboxylic acids is 1. The van der Waals surface area contributed by atoms with Crippen molar-refractivity contribution in [3.8, 4) is 0 Å². The van der Waals surface area contributed by atoms with Gasteiger partial charge in [-0.25, -0.2) is 4.79 Å². The first-order valence-corrected chi connectivity index (χ1v) is 6.41. The predicted octanol–water partition coefficient (Wildman–Crippen LogP) is 3.42. The van der Waals surface area contributed by atoms with Gasteiger partial charge in [0.05, 0.1) is 0 Å². The zero-order valence-electron chi connectivity index (χ0n) is 11.4. The minimum Gasteiger partial charge on any atom is -0.478 e. The molecule has 0 saturated heterocycles. The highest BCUT2D eigenvalue weighted by Crippen LogP contribution is 2.15. The van der Waals surface area contributed by atoms with E-state index in [1.165, 1.54) is 11.3 Å². The lowest BCUT2D eigenvalue weighted by Gasteiger charge is -2.19. The second-order valence-electron chi connectivity index (χ2n) is 4.60. The van der Waals surface area contributed by atoms with Crippen molar-refractivity contribution >= 4 is 17.7 Å². The zero-order chi connectivity index (χ0) is 14.4. The molecular formula is C17H17NO2. The molecule has 0 spiro atoms. The highest BCUT2D eigenvalue weighted by Gasteiger charge is 2.01. The molecule has 2 rings (SSSR count). The monoisotopic (exact) mass is 267 g/mol. The summed E-state index contributed by atoms with van der Waals surface area (Å²) in [5.74, 6) is -0.933. The van der Waals surface area contributed by atoms with Gasteiger partial charge in [0.25, 0.3) is 0 Å². The van der Waals surface area contributed by atoms with Gasteiger partial charge < -0.3 is 10.0 Å². The Hall–Kier alpha value is -2.55. The lowest BCUT2D eigenvalue weighted by Crippen LogP contribution is -2.15. The van der Waals surface area contributed by atoms with Crippen LogP contribution in [-0.2, 0) is 11.3 Å². The van der Waals surface area contributed by atoms with Gasteiger partial charge in [-0.1, -0.05) is 42.5 Å². The number of hydrogen-bond acceptors (Lipinski definition) is 2. The fraction of sp³-hybridized carbons (Fsp3) is 0.118. The lowest BCUT2D eigenvalue weighted by molar-refractivity contribution is -0.131. The summed E-state index contributed by atoms with van der Waals surface area (Å²) < 4.78 is 0. The van der Waals surface area contributed by atoms with E-state index in [1.54, 1.807) is 6.08 Å². The number of para-hydroxylation sites is 1. The molecule has 0 fully saturated rings. The maximum atomic E-state index is 10.4. The van der Waals surface area contributed by atoms with Crippen molar-refractivity contribution in [3.63, 3.8) is 0 Å². The Morgan fingerprint density at radius 3 is 2.35 bits per heavy atom. The van der Waals surface area contributed by atoms with Crippen LogP contribution in [-0.4, -0.2) is 18.1 Å². The van der Waals surface area contributed by atoms with Crippen LogP contribution in [0.4, 0.5) is 5.69 Å². The summed E-state index contributed by atoms with van der Waals surface area (Å²) in [5.41, 5.74) is 3.24. The van der Waals surface area contributed by atoms with Crippen molar-refractivity contribution in [2.75, 3.05) is 11.9 Å². The molecule has 1 N–H and O–H groups in total. The van der Waals surface area contributed by atoms with E-state index in [-0.39, 0.29) is 0 Å². The number of carboxylic acids is 1. The lowest BCUT2D eigenvalue weighted by atomic mass is 10.1. The summed E-state index contributed by atoms with van der Waals surface area (Å²) in [6.07, 6.45) is 2.73. The van der Waals surface area contributed by atoms with Crippen molar-refractivity contribution in [1.29, 1.82) is 0 Å². The molecule has 0 saturated carbocycles. The summed E-state index contributed by atoms with van der Waals surface area (Å²) in [5, 5.41) is 8.58. The second-order valence-corrected chi connectivity index (χ2v) is 4.60. The van der Waals surface area contributed by atoms with Crippen molar-refractivity contribution in [1.82, 2.24) is 0 Å². The molecule has 2 aromatic carbocycles. The summed E-state index contributed by atoms with van der Waals surface area (Å²) in [6.45, 7) is 0.812. The average Bonchev–Trinajstić information content (AvgIpc) is 2.47. The van der Waals surface area contributed by atoms with Gasteiger partial charge in [-0.05, 0) is 29.3 Å². The Morgan fingerprint density at radius 2 is 1.75 bits per heavy atom. The van der Waals surface area contributed by atoms with E-state index in [9.17, 15) is 4.79 Å². The van der Waals surface area contributed by atoms with Crippen LogP contribution in [0.3, 0.4) is 0 Å². The van der Waals surface area contributed by atoms with Crippen LogP contribution >= 0.6 is 0 Å². The van der Waals surface area contributed by atoms with Crippen LogP contribution in [0.15, 0.2) is 60.7 Å². The van der Waals surface area contributed by atoms with Gasteiger partial charge in [0.15, 0.2) is 0 Å². The second kappa shape index (κ2) is 6.57. The number of carbonyl (C=O) groups is 1. The first-order valence-electron chi connectivity index (χ1n) is 6.41. The molecule has 102 valence electrons. The number of benzene rings is 2. The topological polar surface area (TPSA) is 40.5 Å². The summed E-state index contributed by atoms with van der Waals surface area (Å²) in [6, 6.07) is 18.1. The summed E-state index contributed by atoms with van der Waals surface area (Å²) >= 11 is 0. The standard InChI is InChI=1S/C17H17NO2/c1-18(16-5-3-2-4-6-16)13-15-9-7-14(8-10-15)11-12-17(19)20/h2-12H,13H2,1H3,(H,19,20). The Morgan fingerprint density at radius 1 is 1.10 bits per heavy atom. The molecule has 0 bridgehead atoms. The van der Waals surface area contributed by atoms with Crippen LogP contribution in [0.25, 0.3) is 6.08 Å². The third kappa shape index (κ3) is 3.99. The van der Waals surface area contributed by atoms with E-state index < -0.39 is 5.97 Å².